The molecule has 0 unspecified atom stereocenters. The molecule has 11 aliphatic rings. The van der Waals surface area contributed by atoms with Crippen molar-refractivity contribution < 1.29 is 281 Å². The highest BCUT2D eigenvalue weighted by Crippen LogP contribution is 2.43. The van der Waals surface area contributed by atoms with Gasteiger partial charge >= 0.3 is 0 Å². The highest BCUT2D eigenvalue weighted by Gasteiger charge is 2.64. The number of hydrogen-bond donors (Lipinski definition) is 35. The Kier molecular flexibility index (Phi) is 43.5. The molecule has 63 heteroatoms. The maximum atomic E-state index is 13.8. The Labute approximate surface area is 810 Å². The first-order chi connectivity index (χ1) is 67.8. The van der Waals surface area contributed by atoms with Crippen LogP contribution in [-0.2, 0) is 133 Å². The van der Waals surface area contributed by atoms with Crippen molar-refractivity contribution in [3.05, 3.63) is 0 Å². The molecule has 0 aromatic carbocycles. The third kappa shape index (κ3) is 26.9. The maximum Gasteiger partial charge on any atom is 0.217 e. The van der Waals surface area contributed by atoms with Gasteiger partial charge in [0.2, 0.25) is 35.9 Å². The summed E-state index contributed by atoms with van der Waals surface area (Å²) in [6.45, 7) is -7.32. The molecule has 826 valence electrons. The Hall–Kier alpha value is -5.22. The van der Waals surface area contributed by atoms with Crippen LogP contribution in [0.1, 0.15) is 41.5 Å². The van der Waals surface area contributed by atoms with Gasteiger partial charge in [-0.2, -0.15) is 0 Å². The summed E-state index contributed by atoms with van der Waals surface area (Å²) < 4.78 is 133. The molecule has 35 N–H and O–H groups in total. The first-order valence-electron chi connectivity index (χ1n) is 45.7. The standard InChI is InChI=1S/C80H134N6O57/c1-20-42(103)54(115)56(117)76(124-20)143-69-68(142-72-38(83-22(3)99)53(114)44(105)28(9-89)127-72)50(111)34(15-95)132-80(69)138-62-39(84-23(4)100)70(125-29(10-90)45(62)106)123-18-36-51(112)67(141-74-40(85-24(5)101)63(46(107)30(11-91)129-74)136-78-59(120)65(48(109)33(14-94)131-78)139-71-37(82-21(2)98)52(113)43(104)27(8-88)126-71)60(121)79(134-36)137-64-41(86-25(6)102)73(128-31(12-92)47(64)108)140-66-49(110)32(13-93)130-77(58(66)119)135-61-35(16-96)133-75(57(118)55(61)116)122-17-26(7-87)81-19-97/h19-20,26-80,87-96,103-121H,7-18H2,1-6H3,(H,81,97)(H,82,98)(H,83,99)(H,84,100)(H,85,101)(H,86,102)/t20-,26+,27+,28+,29+,30+,31+,32+,33+,34+,35+,36+,37+,38+,39+,40+,41+,42+,43-,44-,45+,46+,47+,48-,49-,50-,51-,52+,53+,54+,55+,56-,57+,58+,59+,60+,61+,62+,63+,64+,65-,66-,67-,68-,69+,70+,71+,72+,73-,74-,75+,76-,77-,78-,79-,80-/m0/s1. The zero-order valence-electron chi connectivity index (χ0n) is 77.3. The van der Waals surface area contributed by atoms with Crippen molar-refractivity contribution in [2.45, 2.75) is 385 Å². The fraction of sp³-hybridized carbons (Fsp3) is 0.925. The van der Waals surface area contributed by atoms with Gasteiger partial charge in [-0.25, -0.2) is 0 Å². The molecule has 143 heavy (non-hydrogen) atoms. The molecule has 0 radical (unpaired) electrons. The van der Waals surface area contributed by atoms with E-state index in [4.69, 9.17) is 104 Å². The summed E-state index contributed by atoms with van der Waals surface area (Å²) in [6.07, 6.45) is -108. The summed E-state index contributed by atoms with van der Waals surface area (Å²) in [4.78, 5) is 77.4. The minimum absolute atomic E-state index is 0.222. The summed E-state index contributed by atoms with van der Waals surface area (Å²) >= 11 is 0. The molecule has 11 saturated heterocycles. The fourth-order valence-electron chi connectivity index (χ4n) is 18.3. The molecule has 0 spiro atoms. The fourth-order valence-corrected chi connectivity index (χ4v) is 18.3. The van der Waals surface area contributed by atoms with Crippen LogP contribution < -0.4 is 31.9 Å². The second kappa shape index (κ2) is 52.7. The van der Waals surface area contributed by atoms with Crippen molar-refractivity contribution in [2.24, 2.45) is 0 Å². The van der Waals surface area contributed by atoms with Crippen molar-refractivity contribution >= 4 is 35.9 Å². The summed E-state index contributed by atoms with van der Waals surface area (Å²) in [5.41, 5.74) is 0. The zero-order chi connectivity index (χ0) is 105. The van der Waals surface area contributed by atoms with E-state index in [1.54, 1.807) is 0 Å². The normalized spacial score (nSPS) is 47.5. The molecular weight excluding hydrogens is 1960 g/mol. The molecule has 11 rings (SSSR count). The topological polar surface area (TPSA) is 964 Å². The van der Waals surface area contributed by atoms with Crippen LogP contribution in [0.3, 0.4) is 0 Å². The van der Waals surface area contributed by atoms with Crippen LogP contribution in [0.2, 0.25) is 0 Å². The highest BCUT2D eigenvalue weighted by atomic mass is 16.8. The smallest absolute Gasteiger partial charge is 0.217 e. The first kappa shape index (κ1) is 118. The molecule has 11 aliphatic heterocycles. The lowest BCUT2D eigenvalue weighted by Gasteiger charge is -2.52. The summed E-state index contributed by atoms with van der Waals surface area (Å²) in [7, 11) is 0. The lowest BCUT2D eigenvalue weighted by Crippen LogP contribution is -2.71. The Bertz CT molecular complexity index is 3960. The maximum absolute atomic E-state index is 13.8. The molecule has 11 heterocycles. The number of amides is 6. The quantitative estimate of drug-likeness (QED) is 0.0253. The highest BCUT2D eigenvalue weighted by molar-refractivity contribution is 5.75. The Morgan fingerprint density at radius 3 is 0.881 bits per heavy atom. The SMILES string of the molecule is CC(=O)N[C@H]1[C@@H](O[C@H]2[C@@H](O)[C@@H](CO)O[C@@H](O[C@H]3[C@H](O)[C@@H](CO)O[C@@H](O[C@H]4[C@@H](O)[C@@H](CO[C@@H]5O[C@H](CO)[C@@H](O)[C@H](O[C@@H]6O[C@H](CO)[C@H](O)[C@H](O[C@H]7O[C@H](CO)[C@H](O)[C@H](O)[C@H]7NC(C)=O)[C@H]6O[C@@H]6O[C@@H](C)[C@@H](O)[C@@H](O)[C@@H]6O)[C@H]5NC(C)=O)O[C@@H](O[C@H]5[C@H](O)[C@@H](CO)O[C@@H](O[C@H]6[C@@H](O)[C@@H](CO)O[C@@H](O[C@H]7[C@H](O)[C@@H](O)[C@H](OC[C@@H](CO)NC=O)O[C@@H]7CO)[C@@H]6O)[C@@H]5NC(C)=O)[C@@H]4O)[C@@H]3NC(C)=O)[C@@H]2O)O[C@H](CO)[C@H](O)[C@@H]1O. The predicted octanol–water partition coefficient (Wildman–Crippen LogP) is -24.1. The van der Waals surface area contributed by atoms with E-state index in [2.05, 4.69) is 31.9 Å². The second-order valence-electron chi connectivity index (χ2n) is 36.0. The molecular formula is C80H134N6O57. The molecule has 11 fully saturated rings. The van der Waals surface area contributed by atoms with Crippen molar-refractivity contribution in [3.63, 3.8) is 0 Å². The van der Waals surface area contributed by atoms with E-state index < -0.39 is 452 Å². The van der Waals surface area contributed by atoms with Crippen molar-refractivity contribution in [1.29, 1.82) is 0 Å². The third-order valence-corrected chi connectivity index (χ3v) is 25.9. The van der Waals surface area contributed by atoms with Crippen LogP contribution in [0, 0.1) is 0 Å². The number of carbonyl (C=O) groups excluding carboxylic acids is 6. The van der Waals surface area contributed by atoms with Gasteiger partial charge in [0.1, 0.15) is 262 Å². The third-order valence-electron chi connectivity index (χ3n) is 25.9. The monoisotopic (exact) mass is 2090 g/mol. The van der Waals surface area contributed by atoms with Crippen LogP contribution in [-0.4, -0.2) is 607 Å². The molecule has 6 amide bonds. The summed E-state index contributed by atoms with van der Waals surface area (Å²) in [5.74, 6) is -5.02. The number of rotatable bonds is 41. The van der Waals surface area contributed by atoms with Crippen molar-refractivity contribution in [1.82, 2.24) is 31.9 Å². The summed E-state index contributed by atoms with van der Waals surface area (Å²) in [5, 5.41) is 344. The van der Waals surface area contributed by atoms with E-state index in [9.17, 15) is 177 Å². The van der Waals surface area contributed by atoms with Crippen LogP contribution in [0.25, 0.3) is 0 Å². The average molecular weight is 2090 g/mol. The molecule has 0 aromatic heterocycles. The number of hydrogen-bond acceptors (Lipinski definition) is 57. The number of nitrogens with one attached hydrogen (secondary N) is 6. The number of ether oxygens (including phenoxy) is 22. The minimum Gasteiger partial charge on any atom is -0.394 e. The number of aliphatic hydroxyl groups is 29. The van der Waals surface area contributed by atoms with Crippen LogP contribution >= 0.6 is 0 Å². The van der Waals surface area contributed by atoms with E-state index in [0.717, 1.165) is 34.6 Å². The molecule has 56 atom stereocenters. The van der Waals surface area contributed by atoms with Gasteiger partial charge < -0.3 is 284 Å². The molecule has 0 bridgehead atoms. The van der Waals surface area contributed by atoms with E-state index >= 15 is 0 Å². The van der Waals surface area contributed by atoms with Crippen molar-refractivity contribution in [3.8, 4) is 0 Å². The van der Waals surface area contributed by atoms with Gasteiger partial charge in [-0.1, -0.05) is 0 Å². The van der Waals surface area contributed by atoms with E-state index in [1.165, 1.54) is 6.92 Å². The van der Waals surface area contributed by atoms with Gasteiger partial charge in [-0.15, -0.1) is 0 Å². The zero-order valence-corrected chi connectivity index (χ0v) is 77.3. The Balaban J connectivity index is 0.962. The average Bonchev–Trinajstić information content (AvgIpc) is 0.755. The van der Waals surface area contributed by atoms with Gasteiger partial charge in [-0.3, -0.25) is 28.8 Å². The summed E-state index contributed by atoms with van der Waals surface area (Å²) in [6, 6.07) is -11.1. The van der Waals surface area contributed by atoms with E-state index in [-0.39, 0.29) is 6.41 Å². The number of carbonyl (C=O) groups is 6. The van der Waals surface area contributed by atoms with Gasteiger partial charge in [0.25, 0.3) is 0 Å². The lowest BCUT2D eigenvalue weighted by molar-refractivity contribution is -0.398. The van der Waals surface area contributed by atoms with Crippen LogP contribution in [0.4, 0.5) is 0 Å². The molecule has 63 nitrogen and oxygen atoms in total. The molecule has 0 aliphatic carbocycles. The first-order valence-corrected chi connectivity index (χ1v) is 45.7. The van der Waals surface area contributed by atoms with Gasteiger partial charge in [-0.05, 0) is 6.92 Å². The van der Waals surface area contributed by atoms with Crippen LogP contribution in [0.5, 0.6) is 0 Å². The van der Waals surface area contributed by atoms with Gasteiger partial charge in [0.05, 0.1) is 91.4 Å². The Morgan fingerprint density at radius 2 is 0.510 bits per heavy atom. The number of aliphatic hydroxyl groups excluding tert-OH is 29. The Morgan fingerprint density at radius 1 is 0.245 bits per heavy atom. The lowest BCUT2D eigenvalue weighted by atomic mass is 9.93. The minimum atomic E-state index is -2.72. The van der Waals surface area contributed by atoms with Gasteiger partial charge in [0, 0.05) is 34.6 Å². The van der Waals surface area contributed by atoms with E-state index in [0.29, 0.717) is 0 Å². The van der Waals surface area contributed by atoms with Gasteiger partial charge in [0.15, 0.2) is 69.2 Å². The van der Waals surface area contributed by atoms with Crippen molar-refractivity contribution in [2.75, 3.05) is 79.3 Å². The molecule has 0 saturated carbocycles. The largest absolute Gasteiger partial charge is 0.394 e. The second-order valence-corrected chi connectivity index (χ2v) is 36.0. The molecule has 0 aromatic rings. The predicted molar refractivity (Wildman–Crippen MR) is 443 cm³/mol. The van der Waals surface area contributed by atoms with Crippen LogP contribution in [0.15, 0.2) is 0 Å². The van der Waals surface area contributed by atoms with E-state index in [1.807, 2.05) is 0 Å².